The van der Waals surface area contributed by atoms with E-state index < -0.39 is 6.09 Å². The minimum atomic E-state index is -0.610. The van der Waals surface area contributed by atoms with E-state index in [9.17, 15) is 14.7 Å². The fraction of sp³-hybridized carbons (Fsp3) is 0.625. The number of carbonyl (C=O) groups is 2. The summed E-state index contributed by atoms with van der Waals surface area (Å²) in [5, 5.41) is 12.4. The van der Waals surface area contributed by atoms with Crippen molar-refractivity contribution in [2.24, 2.45) is 5.41 Å². The van der Waals surface area contributed by atoms with Crippen LogP contribution in [0.4, 0.5) is 16.3 Å². The second-order valence-corrected chi connectivity index (χ2v) is 9.29. The van der Waals surface area contributed by atoms with Crippen molar-refractivity contribution in [2.75, 3.05) is 36.5 Å². The van der Waals surface area contributed by atoms with E-state index in [0.717, 1.165) is 69.4 Å². The highest BCUT2D eigenvalue weighted by Crippen LogP contribution is 2.43. The molecular weight excluding hydrogens is 408 g/mol. The Hall–Kier alpha value is -2.79. The van der Waals surface area contributed by atoms with Crippen LogP contribution in [-0.2, 0) is 9.53 Å². The summed E-state index contributed by atoms with van der Waals surface area (Å²) in [5.74, 6) is 3.37. The number of nitrogens with zero attached hydrogens (tertiary/aromatic N) is 3. The second-order valence-electron chi connectivity index (χ2n) is 9.29. The van der Waals surface area contributed by atoms with Crippen LogP contribution in [0.1, 0.15) is 50.5 Å². The lowest BCUT2D eigenvalue weighted by Crippen LogP contribution is -2.50. The van der Waals surface area contributed by atoms with Gasteiger partial charge in [-0.25, -0.2) is 9.78 Å². The third-order valence-corrected chi connectivity index (χ3v) is 7.11. The lowest BCUT2D eigenvalue weighted by molar-refractivity contribution is -0.139. The Balaban J connectivity index is 1.43. The summed E-state index contributed by atoms with van der Waals surface area (Å²) < 4.78 is 4.84. The minimum Gasteiger partial charge on any atom is -0.436 e. The number of carbonyl (C=O) groups excluding carboxylic acids is 2. The summed E-state index contributed by atoms with van der Waals surface area (Å²) >= 11 is 0. The molecule has 1 aromatic heterocycles. The van der Waals surface area contributed by atoms with Crippen molar-refractivity contribution in [3.8, 4) is 12.3 Å². The molecular formula is C24H32N4O4. The zero-order valence-corrected chi connectivity index (χ0v) is 18.7. The zero-order valence-electron chi connectivity index (χ0n) is 18.7. The Morgan fingerprint density at radius 1 is 1.34 bits per heavy atom. The highest BCUT2D eigenvalue weighted by atomic mass is 16.5. The summed E-state index contributed by atoms with van der Waals surface area (Å²) in [4.78, 5) is 34.2. The number of piperidine rings is 1. The van der Waals surface area contributed by atoms with Crippen molar-refractivity contribution in [1.29, 1.82) is 0 Å². The number of aryl methyl sites for hydroxylation is 1. The lowest BCUT2D eigenvalue weighted by atomic mass is 9.78. The summed E-state index contributed by atoms with van der Waals surface area (Å²) in [6.07, 6.45) is 12.0. The molecule has 3 fully saturated rings. The van der Waals surface area contributed by atoms with Crippen molar-refractivity contribution >= 4 is 23.5 Å². The van der Waals surface area contributed by atoms with Gasteiger partial charge < -0.3 is 19.6 Å². The number of hydrogen-bond acceptors (Lipinski definition) is 6. The van der Waals surface area contributed by atoms with Crippen molar-refractivity contribution < 1.29 is 19.4 Å². The number of anilines is 2. The summed E-state index contributed by atoms with van der Waals surface area (Å²) in [7, 11) is 0. The molecule has 172 valence electrons. The van der Waals surface area contributed by atoms with Crippen molar-refractivity contribution in [1.82, 2.24) is 9.88 Å². The molecule has 1 atom stereocenters. The van der Waals surface area contributed by atoms with E-state index in [0.29, 0.717) is 12.2 Å². The maximum Gasteiger partial charge on any atom is 0.412 e. The molecule has 3 heterocycles. The Kier molecular flexibility index (Phi) is 6.56. The first-order valence-electron chi connectivity index (χ1n) is 11.5. The van der Waals surface area contributed by atoms with Crippen molar-refractivity contribution in [3.05, 3.63) is 17.8 Å². The van der Waals surface area contributed by atoms with E-state index in [2.05, 4.69) is 26.0 Å². The fourth-order valence-electron chi connectivity index (χ4n) is 5.49. The number of amides is 2. The van der Waals surface area contributed by atoms with Gasteiger partial charge in [0.05, 0.1) is 23.4 Å². The fourth-order valence-corrected chi connectivity index (χ4v) is 5.49. The van der Waals surface area contributed by atoms with Gasteiger partial charge >= 0.3 is 6.09 Å². The quantitative estimate of drug-likeness (QED) is 0.699. The highest BCUT2D eigenvalue weighted by Gasteiger charge is 2.50. The number of nitrogens with one attached hydrogen (secondary N) is 1. The van der Waals surface area contributed by atoms with Crippen LogP contribution in [0.2, 0.25) is 0 Å². The highest BCUT2D eigenvalue weighted by molar-refractivity contribution is 5.86. The number of terminal acetylenes is 1. The van der Waals surface area contributed by atoms with Gasteiger partial charge in [-0.15, -0.1) is 6.42 Å². The number of likely N-dealkylation sites (tertiary alicyclic amines) is 1. The number of pyridine rings is 1. The molecule has 8 nitrogen and oxygen atoms in total. The van der Waals surface area contributed by atoms with Crippen molar-refractivity contribution in [3.63, 3.8) is 0 Å². The predicted molar refractivity (Wildman–Crippen MR) is 121 cm³/mol. The van der Waals surface area contributed by atoms with Gasteiger partial charge in [0.2, 0.25) is 5.91 Å². The Labute approximate surface area is 189 Å². The molecule has 8 heteroatoms. The Bertz CT molecular complexity index is 906. The Morgan fingerprint density at radius 3 is 2.84 bits per heavy atom. The molecule has 32 heavy (non-hydrogen) atoms. The van der Waals surface area contributed by atoms with Gasteiger partial charge in [0.25, 0.3) is 0 Å². The van der Waals surface area contributed by atoms with Crippen LogP contribution in [0, 0.1) is 24.7 Å². The van der Waals surface area contributed by atoms with Gasteiger partial charge in [0.1, 0.15) is 5.82 Å². The second kappa shape index (κ2) is 9.37. The van der Waals surface area contributed by atoms with Crippen LogP contribution in [0.15, 0.2) is 12.3 Å². The van der Waals surface area contributed by atoms with Crippen LogP contribution < -0.4 is 10.2 Å². The first-order chi connectivity index (χ1) is 15.4. The van der Waals surface area contributed by atoms with Crippen LogP contribution in [0.5, 0.6) is 0 Å². The van der Waals surface area contributed by atoms with E-state index in [1.807, 2.05) is 13.0 Å². The summed E-state index contributed by atoms with van der Waals surface area (Å²) in [5.41, 5.74) is 1.13. The van der Waals surface area contributed by atoms with E-state index >= 15 is 0 Å². The van der Waals surface area contributed by atoms with Gasteiger partial charge in [0, 0.05) is 25.7 Å². The molecule has 2 amide bonds. The van der Waals surface area contributed by atoms with Crippen LogP contribution in [-0.4, -0.2) is 65.4 Å². The normalized spacial score (nSPS) is 28.0. The van der Waals surface area contributed by atoms with E-state index in [-0.39, 0.29) is 30.1 Å². The Morgan fingerprint density at radius 2 is 2.12 bits per heavy atom. The van der Waals surface area contributed by atoms with Gasteiger partial charge in [-0.1, -0.05) is 5.92 Å². The van der Waals surface area contributed by atoms with Crippen molar-refractivity contribution in [2.45, 2.75) is 64.0 Å². The summed E-state index contributed by atoms with van der Waals surface area (Å²) in [6, 6.07) is 2.12. The number of rotatable bonds is 4. The van der Waals surface area contributed by atoms with Gasteiger partial charge in [-0.3, -0.25) is 10.1 Å². The minimum absolute atomic E-state index is 0.0846. The molecule has 1 saturated carbocycles. The van der Waals surface area contributed by atoms with E-state index in [1.165, 1.54) is 0 Å². The number of aliphatic hydroxyl groups excluding tert-OH is 1. The first kappa shape index (κ1) is 22.4. The van der Waals surface area contributed by atoms with Crippen LogP contribution >= 0.6 is 0 Å². The molecule has 0 aromatic carbocycles. The molecule has 3 aliphatic rings. The van der Waals surface area contributed by atoms with Crippen LogP contribution in [0.3, 0.4) is 0 Å². The molecule has 0 radical (unpaired) electrons. The smallest absolute Gasteiger partial charge is 0.412 e. The molecule has 2 N–H and O–H groups in total. The largest absolute Gasteiger partial charge is 0.436 e. The average Bonchev–Trinajstić information content (AvgIpc) is 3.08. The SMILES string of the molecule is C#CCOC(=O)Nc1cnc(N2CCC[C@]3(CCN(C4CCC(O)CC4)C3=O)C2)c(C)c1. The number of hydrogen-bond donors (Lipinski definition) is 2. The molecule has 1 aromatic rings. The maximum atomic E-state index is 13.5. The maximum absolute atomic E-state index is 13.5. The van der Waals surface area contributed by atoms with E-state index in [1.54, 1.807) is 6.20 Å². The number of ether oxygens (including phenoxy) is 1. The molecule has 2 saturated heterocycles. The number of aliphatic hydroxyl groups is 1. The first-order valence-corrected chi connectivity index (χ1v) is 11.5. The molecule has 0 bridgehead atoms. The molecule has 2 aliphatic heterocycles. The van der Waals surface area contributed by atoms with E-state index in [4.69, 9.17) is 11.2 Å². The molecule has 1 aliphatic carbocycles. The third kappa shape index (κ3) is 4.53. The standard InChI is InChI=1S/C24H32N4O4/c1-3-13-32-23(31)26-18-14-17(2)21(25-15-18)27-11-4-9-24(16-27)10-12-28(22(24)30)19-5-7-20(29)8-6-19/h1,14-15,19-20,29H,4-13,16H2,2H3,(H,26,31)/t19?,20?,24-/m0/s1. The monoisotopic (exact) mass is 440 g/mol. The summed E-state index contributed by atoms with van der Waals surface area (Å²) in [6.45, 7) is 4.21. The average molecular weight is 441 g/mol. The number of aromatic nitrogens is 1. The third-order valence-electron chi connectivity index (χ3n) is 7.11. The van der Waals surface area contributed by atoms with Gasteiger partial charge in [0.15, 0.2) is 6.61 Å². The van der Waals surface area contributed by atoms with Gasteiger partial charge in [-0.2, -0.15) is 0 Å². The molecule has 0 unspecified atom stereocenters. The molecule has 1 spiro atoms. The zero-order chi connectivity index (χ0) is 22.7. The topological polar surface area (TPSA) is 95.0 Å². The van der Waals surface area contributed by atoms with Gasteiger partial charge in [-0.05, 0) is 63.5 Å². The lowest BCUT2D eigenvalue weighted by Gasteiger charge is -2.41. The molecule has 4 rings (SSSR count). The van der Waals surface area contributed by atoms with Crippen LogP contribution in [0.25, 0.3) is 0 Å². The predicted octanol–water partition coefficient (Wildman–Crippen LogP) is 2.69.